The fraction of sp³-hybridized carbons (Fsp3) is 0.333. The maximum Gasteiger partial charge on any atom is 0.209 e. The molecule has 2 atom stereocenters. The van der Waals surface area contributed by atoms with E-state index < -0.39 is 9.04 Å². The molecule has 0 bridgehead atoms. The van der Waals surface area contributed by atoms with Gasteiger partial charge in [0, 0.05) is 7.11 Å². The van der Waals surface area contributed by atoms with Gasteiger partial charge in [-0.25, -0.2) is 0 Å². The number of ether oxygens (including phenoxy) is 1. The van der Waals surface area contributed by atoms with E-state index in [1.54, 1.807) is 7.11 Å². The van der Waals surface area contributed by atoms with Gasteiger partial charge >= 0.3 is 0 Å². The molecule has 2 nitrogen and oxygen atoms in total. The number of hydrogen-bond donors (Lipinski definition) is 0. The largest absolute Gasteiger partial charge is 0.391 e. The Kier molecular flexibility index (Phi) is 4.52. The number of hydrogen-bond acceptors (Lipinski definition) is 2. The molecule has 2 aromatic carbocycles. The molecule has 96 valence electrons. The van der Waals surface area contributed by atoms with Crippen molar-refractivity contribution in [1.82, 2.24) is 0 Å². The summed E-state index contributed by atoms with van der Waals surface area (Å²) in [6.07, 6.45) is 0.809. The van der Waals surface area contributed by atoms with E-state index in [2.05, 4.69) is 55.9 Å². The second-order valence-corrected chi connectivity index (χ2v) is 6.60. The Morgan fingerprint density at radius 2 is 1.83 bits per heavy atom. The summed E-state index contributed by atoms with van der Waals surface area (Å²) < 4.78 is 11.4. The molecule has 0 amide bonds. The van der Waals surface area contributed by atoms with E-state index in [0.29, 0.717) is 0 Å². The van der Waals surface area contributed by atoms with Gasteiger partial charge in [0.2, 0.25) is 9.04 Å². The number of fused-ring (bicyclic) bond motifs is 1. The van der Waals surface area contributed by atoms with Gasteiger partial charge in [0.25, 0.3) is 0 Å². The van der Waals surface area contributed by atoms with Gasteiger partial charge in [-0.2, -0.15) is 0 Å². The summed E-state index contributed by atoms with van der Waals surface area (Å²) in [4.78, 5) is 0. The first-order valence-corrected chi connectivity index (χ1v) is 8.62. The third-order valence-corrected chi connectivity index (χ3v) is 5.30. The zero-order chi connectivity index (χ0) is 13.0. The van der Waals surface area contributed by atoms with Crippen molar-refractivity contribution in [2.45, 2.75) is 26.2 Å². The SMILES string of the molecule is CCC(OC)O[SiH](C)c1cccc2ccccc12. The van der Waals surface area contributed by atoms with E-state index in [4.69, 9.17) is 9.16 Å². The number of benzene rings is 2. The normalized spacial score (nSPS) is 14.6. The quantitative estimate of drug-likeness (QED) is 0.608. The average Bonchev–Trinajstić information content (AvgIpc) is 2.43. The predicted octanol–water partition coefficient (Wildman–Crippen LogP) is 2.80. The molecule has 0 aliphatic rings. The Balaban J connectivity index is 2.30. The fourth-order valence-electron chi connectivity index (χ4n) is 2.22. The third-order valence-electron chi connectivity index (χ3n) is 3.21. The van der Waals surface area contributed by atoms with Crippen molar-refractivity contribution >= 4 is 25.0 Å². The second-order valence-electron chi connectivity index (χ2n) is 4.42. The smallest absolute Gasteiger partial charge is 0.209 e. The van der Waals surface area contributed by atoms with E-state index in [0.717, 1.165) is 6.42 Å². The first-order chi connectivity index (χ1) is 8.76. The zero-order valence-corrected chi connectivity index (χ0v) is 12.4. The Labute approximate surface area is 110 Å². The molecule has 0 saturated heterocycles. The van der Waals surface area contributed by atoms with Gasteiger partial charge in [0.1, 0.15) is 6.29 Å². The van der Waals surface area contributed by atoms with Crippen molar-refractivity contribution in [2.75, 3.05) is 7.11 Å². The molecule has 0 aliphatic heterocycles. The van der Waals surface area contributed by atoms with Crippen LogP contribution in [0.4, 0.5) is 0 Å². The second kappa shape index (κ2) is 6.14. The van der Waals surface area contributed by atoms with Crippen LogP contribution in [0.1, 0.15) is 13.3 Å². The summed E-state index contributed by atoms with van der Waals surface area (Å²) in [7, 11) is 0.278. The standard InChI is InChI=1S/C15H20O2Si/c1-4-15(16-2)17-18(3)14-11-7-9-12-8-5-6-10-13(12)14/h5-11,15,18H,4H2,1-3H3. The molecule has 2 unspecified atom stereocenters. The van der Waals surface area contributed by atoms with Crippen LogP contribution in [0, 0.1) is 0 Å². The van der Waals surface area contributed by atoms with Gasteiger partial charge < -0.3 is 9.16 Å². The molecule has 0 aromatic heterocycles. The van der Waals surface area contributed by atoms with Gasteiger partial charge in [0.05, 0.1) is 0 Å². The van der Waals surface area contributed by atoms with Crippen LogP contribution in [-0.4, -0.2) is 22.4 Å². The van der Waals surface area contributed by atoms with Crippen LogP contribution in [0.5, 0.6) is 0 Å². The van der Waals surface area contributed by atoms with Crippen molar-refractivity contribution in [3.63, 3.8) is 0 Å². The van der Waals surface area contributed by atoms with Gasteiger partial charge in [-0.15, -0.1) is 0 Å². The molecule has 0 N–H and O–H groups in total. The first-order valence-electron chi connectivity index (χ1n) is 6.42. The zero-order valence-electron chi connectivity index (χ0n) is 11.2. The highest BCUT2D eigenvalue weighted by atomic mass is 28.3. The van der Waals surface area contributed by atoms with Crippen molar-refractivity contribution in [3.8, 4) is 0 Å². The summed E-state index contributed by atoms with van der Waals surface area (Å²) >= 11 is 0. The van der Waals surface area contributed by atoms with E-state index in [1.165, 1.54) is 16.0 Å². The van der Waals surface area contributed by atoms with Gasteiger partial charge in [0.15, 0.2) is 0 Å². The van der Waals surface area contributed by atoms with E-state index in [9.17, 15) is 0 Å². The van der Waals surface area contributed by atoms with Crippen LogP contribution < -0.4 is 5.19 Å². The van der Waals surface area contributed by atoms with Crippen molar-refractivity contribution in [1.29, 1.82) is 0 Å². The Morgan fingerprint density at radius 3 is 2.56 bits per heavy atom. The van der Waals surface area contributed by atoms with Crippen molar-refractivity contribution in [2.24, 2.45) is 0 Å². The van der Waals surface area contributed by atoms with Crippen LogP contribution in [0.25, 0.3) is 10.8 Å². The lowest BCUT2D eigenvalue weighted by atomic mass is 10.1. The van der Waals surface area contributed by atoms with Crippen LogP contribution in [0.15, 0.2) is 42.5 Å². The van der Waals surface area contributed by atoms with Gasteiger partial charge in [-0.1, -0.05) is 49.4 Å². The highest BCUT2D eigenvalue weighted by molar-refractivity contribution is 6.68. The van der Waals surface area contributed by atoms with Crippen LogP contribution in [-0.2, 0) is 9.16 Å². The molecule has 2 aromatic rings. The monoisotopic (exact) mass is 260 g/mol. The maximum atomic E-state index is 6.06. The molecule has 3 heteroatoms. The minimum atomic E-state index is -1.43. The fourth-order valence-corrected chi connectivity index (χ4v) is 4.21. The lowest BCUT2D eigenvalue weighted by Crippen LogP contribution is -2.35. The van der Waals surface area contributed by atoms with E-state index >= 15 is 0 Å². The summed E-state index contributed by atoms with van der Waals surface area (Å²) in [6.45, 7) is 4.29. The minimum Gasteiger partial charge on any atom is -0.391 e. The molecule has 0 saturated carbocycles. The van der Waals surface area contributed by atoms with Crippen molar-refractivity contribution in [3.05, 3.63) is 42.5 Å². The number of methoxy groups -OCH3 is 1. The Hall–Kier alpha value is -1.16. The first kappa shape index (κ1) is 13.3. The molecule has 0 spiro atoms. The van der Waals surface area contributed by atoms with E-state index in [-0.39, 0.29) is 6.29 Å². The van der Waals surface area contributed by atoms with E-state index in [1.807, 2.05) is 0 Å². The summed E-state index contributed by atoms with van der Waals surface area (Å²) in [5, 5.41) is 3.94. The predicted molar refractivity (Wildman–Crippen MR) is 78.8 cm³/mol. The lowest BCUT2D eigenvalue weighted by molar-refractivity contribution is -0.0557. The molecule has 0 fully saturated rings. The highest BCUT2D eigenvalue weighted by Crippen LogP contribution is 2.13. The molecule has 2 rings (SSSR count). The summed E-state index contributed by atoms with van der Waals surface area (Å²) in [6, 6.07) is 14.9. The molecule has 0 aliphatic carbocycles. The van der Waals surface area contributed by atoms with Crippen LogP contribution in [0.3, 0.4) is 0 Å². The number of rotatable bonds is 5. The topological polar surface area (TPSA) is 18.5 Å². The summed E-state index contributed by atoms with van der Waals surface area (Å²) in [5.74, 6) is 0. The maximum absolute atomic E-state index is 6.06. The Morgan fingerprint density at radius 1 is 1.11 bits per heavy atom. The molecular weight excluding hydrogens is 240 g/mol. The molecule has 0 heterocycles. The molecular formula is C15H20O2Si. The van der Waals surface area contributed by atoms with Crippen LogP contribution in [0.2, 0.25) is 6.55 Å². The molecule has 18 heavy (non-hydrogen) atoms. The van der Waals surface area contributed by atoms with Crippen molar-refractivity contribution < 1.29 is 9.16 Å². The summed E-state index contributed by atoms with van der Waals surface area (Å²) in [5.41, 5.74) is 0. The molecule has 0 radical (unpaired) electrons. The Bertz CT molecular complexity index is 503. The van der Waals surface area contributed by atoms with Gasteiger partial charge in [-0.3, -0.25) is 0 Å². The third kappa shape index (κ3) is 2.80. The average molecular weight is 260 g/mol. The highest BCUT2D eigenvalue weighted by Gasteiger charge is 2.16. The van der Waals surface area contributed by atoms with Gasteiger partial charge in [-0.05, 0) is 28.9 Å². The minimum absolute atomic E-state index is 0.0781. The van der Waals surface area contributed by atoms with Crippen LogP contribution >= 0.6 is 0 Å². The lowest BCUT2D eigenvalue weighted by Gasteiger charge is -2.20.